The van der Waals surface area contributed by atoms with Gasteiger partial charge >= 0.3 is 0 Å². The first kappa shape index (κ1) is 16.7. The van der Waals surface area contributed by atoms with E-state index >= 15 is 0 Å². The van der Waals surface area contributed by atoms with Crippen LogP contribution in [0, 0.1) is 10.1 Å². The Labute approximate surface area is 136 Å². The van der Waals surface area contributed by atoms with Gasteiger partial charge in [-0.25, -0.2) is 15.1 Å². The van der Waals surface area contributed by atoms with Gasteiger partial charge in [-0.3, -0.25) is 4.90 Å². The predicted octanol–water partition coefficient (Wildman–Crippen LogP) is 1.82. The second-order valence-corrected chi connectivity index (χ2v) is 5.37. The highest BCUT2D eigenvalue weighted by Gasteiger charge is 2.27. The smallest absolute Gasteiger partial charge is 0.276 e. The van der Waals surface area contributed by atoms with Gasteiger partial charge in [-0.15, -0.1) is 0 Å². The fraction of sp³-hybridized carbons (Fsp3) is 0.455. The summed E-state index contributed by atoms with van der Waals surface area (Å²) in [6.45, 7) is 1.28. The Balaban J connectivity index is 2.30. The van der Waals surface area contributed by atoms with Crippen molar-refractivity contribution < 1.29 is 5.03 Å². The lowest BCUT2D eigenvalue weighted by molar-refractivity contribution is -0.486. The molecule has 2 rings (SSSR count). The molecule has 0 aromatic carbocycles. The van der Waals surface area contributed by atoms with Gasteiger partial charge in [0.15, 0.2) is 5.03 Å². The van der Waals surface area contributed by atoms with Crippen LogP contribution < -0.4 is 0 Å². The van der Waals surface area contributed by atoms with Crippen molar-refractivity contribution in [2.75, 3.05) is 27.4 Å². The van der Waals surface area contributed by atoms with Crippen molar-refractivity contribution in [3.8, 4) is 0 Å². The van der Waals surface area contributed by atoms with E-state index < -0.39 is 5.03 Å². The van der Waals surface area contributed by atoms with Crippen LogP contribution in [0.2, 0.25) is 5.15 Å². The Morgan fingerprint density at radius 3 is 2.91 bits per heavy atom. The summed E-state index contributed by atoms with van der Waals surface area (Å²) in [5.41, 5.74) is 9.42. The first-order valence-electron chi connectivity index (χ1n) is 6.48. The van der Waals surface area contributed by atoms with E-state index in [1.807, 2.05) is 11.9 Å². The molecule has 1 aromatic rings. The van der Waals surface area contributed by atoms with Crippen LogP contribution >= 0.6 is 11.6 Å². The monoisotopic (exact) mass is 339 g/mol. The van der Waals surface area contributed by atoms with E-state index in [4.69, 9.17) is 17.1 Å². The Morgan fingerprint density at radius 1 is 1.52 bits per heavy atom. The lowest BCUT2D eigenvalue weighted by Crippen LogP contribution is -2.56. The summed E-state index contributed by atoms with van der Waals surface area (Å²) in [4.78, 5) is 22.8. The molecule has 0 unspecified atom stereocenters. The van der Waals surface area contributed by atoms with Crippen molar-refractivity contribution in [2.24, 2.45) is 10.2 Å². The number of nitrogens with zero attached hydrogens (tertiary/aromatic N) is 9. The molecule has 1 aliphatic heterocycles. The maximum Gasteiger partial charge on any atom is 0.276 e. The molecule has 0 radical (unpaired) electrons. The molecule has 12 heteroatoms. The predicted molar refractivity (Wildman–Crippen MR) is 83.3 cm³/mol. The highest BCUT2D eigenvalue weighted by Crippen LogP contribution is 2.24. The number of hydrogen-bond acceptors (Lipinski definition) is 5. The van der Waals surface area contributed by atoms with Crippen LogP contribution in [0.25, 0.3) is 10.4 Å². The summed E-state index contributed by atoms with van der Waals surface area (Å²) in [5, 5.41) is 17.0. The molecule has 2 heterocycles. The van der Waals surface area contributed by atoms with Gasteiger partial charge in [0, 0.05) is 24.7 Å². The van der Waals surface area contributed by atoms with Crippen LogP contribution in [-0.4, -0.2) is 58.1 Å². The van der Waals surface area contributed by atoms with Gasteiger partial charge < -0.3 is 9.80 Å². The van der Waals surface area contributed by atoms with Crippen molar-refractivity contribution in [2.45, 2.75) is 6.54 Å². The molecule has 0 spiro atoms. The summed E-state index contributed by atoms with van der Waals surface area (Å²) >= 11 is 5.84. The summed E-state index contributed by atoms with van der Waals surface area (Å²) < 4.78 is 0. The molecule has 1 aromatic heterocycles. The van der Waals surface area contributed by atoms with E-state index in [0.29, 0.717) is 25.4 Å². The van der Waals surface area contributed by atoms with Gasteiger partial charge in [-0.05, 0) is 24.2 Å². The number of hydrazone groups is 1. The van der Waals surface area contributed by atoms with Crippen molar-refractivity contribution >= 4 is 23.2 Å². The largest absolute Gasteiger partial charge is 0.328 e. The number of azide groups is 1. The summed E-state index contributed by atoms with van der Waals surface area (Å²) in [7, 11) is 3.61. The minimum absolute atomic E-state index is 0.0959. The molecule has 1 fully saturated rings. The molecule has 0 N–H and O–H groups in total. The SMILES string of the molecule is CN1CN(C)/C(=N\[N+](=O)[O-])N(Cc2cnc(Cl)c(N=[N+]=[N-])c2)C1. The summed E-state index contributed by atoms with van der Waals surface area (Å²) in [5.74, 6) is 0.244. The minimum Gasteiger partial charge on any atom is -0.328 e. The molecule has 122 valence electrons. The Hall–Kier alpha value is -2.62. The number of nitro groups is 1. The van der Waals surface area contributed by atoms with Gasteiger partial charge in [0.05, 0.1) is 19.0 Å². The Kier molecular flexibility index (Phi) is 5.16. The number of guanidine groups is 1. The molecule has 0 saturated carbocycles. The molecule has 0 amide bonds. The van der Waals surface area contributed by atoms with E-state index in [9.17, 15) is 10.1 Å². The van der Waals surface area contributed by atoms with Gasteiger partial charge in [0.1, 0.15) is 10.3 Å². The number of rotatable bonds is 4. The highest BCUT2D eigenvalue weighted by atomic mass is 35.5. The van der Waals surface area contributed by atoms with Crippen molar-refractivity contribution in [1.29, 1.82) is 0 Å². The first-order valence-corrected chi connectivity index (χ1v) is 6.85. The number of pyridine rings is 1. The van der Waals surface area contributed by atoms with Crippen molar-refractivity contribution in [3.05, 3.63) is 43.5 Å². The molecule has 0 aliphatic carbocycles. The first-order chi connectivity index (χ1) is 10.9. The lowest BCUT2D eigenvalue weighted by Gasteiger charge is -2.40. The highest BCUT2D eigenvalue weighted by molar-refractivity contribution is 6.31. The molecular weight excluding hydrogens is 326 g/mol. The van der Waals surface area contributed by atoms with E-state index in [-0.39, 0.29) is 16.8 Å². The standard InChI is InChI=1S/C11H14ClN9O2/c1-18-6-19(2)11(16-21(22)23)20(7-18)5-8-3-9(15-17-13)10(12)14-4-8/h3-4H,5-7H2,1-2H3/b16-11+. The maximum absolute atomic E-state index is 10.7. The third-order valence-corrected chi connectivity index (χ3v) is 3.36. The third-order valence-electron chi connectivity index (χ3n) is 3.06. The van der Waals surface area contributed by atoms with E-state index in [1.165, 1.54) is 6.20 Å². The van der Waals surface area contributed by atoms with Crippen LogP contribution in [0.5, 0.6) is 0 Å². The minimum atomic E-state index is -0.727. The van der Waals surface area contributed by atoms with Crippen LogP contribution in [0.4, 0.5) is 5.69 Å². The topological polar surface area (TPSA) is 127 Å². The third kappa shape index (κ3) is 4.19. The summed E-state index contributed by atoms with van der Waals surface area (Å²) in [6, 6.07) is 1.59. The lowest BCUT2D eigenvalue weighted by atomic mass is 10.2. The zero-order valence-corrected chi connectivity index (χ0v) is 13.3. The molecule has 0 atom stereocenters. The molecule has 23 heavy (non-hydrogen) atoms. The number of aromatic nitrogens is 1. The van der Waals surface area contributed by atoms with Gasteiger partial charge in [0.2, 0.25) is 0 Å². The molecule has 1 aliphatic rings. The molecule has 11 nitrogen and oxygen atoms in total. The van der Waals surface area contributed by atoms with Gasteiger partial charge in [-0.1, -0.05) is 16.7 Å². The maximum atomic E-state index is 10.7. The van der Waals surface area contributed by atoms with Crippen LogP contribution in [0.3, 0.4) is 0 Å². The Morgan fingerprint density at radius 2 is 2.26 bits per heavy atom. The van der Waals surface area contributed by atoms with Gasteiger partial charge in [-0.2, -0.15) is 0 Å². The average molecular weight is 340 g/mol. The second kappa shape index (κ2) is 7.09. The van der Waals surface area contributed by atoms with E-state index in [0.717, 1.165) is 0 Å². The van der Waals surface area contributed by atoms with E-state index in [2.05, 4.69) is 20.1 Å². The quantitative estimate of drug-likeness (QED) is 0.205. The second-order valence-electron chi connectivity index (χ2n) is 5.02. The van der Waals surface area contributed by atoms with Crippen LogP contribution in [-0.2, 0) is 6.54 Å². The zero-order chi connectivity index (χ0) is 17.0. The van der Waals surface area contributed by atoms with Crippen LogP contribution in [0.15, 0.2) is 22.5 Å². The molecule has 1 saturated heterocycles. The fourth-order valence-electron chi connectivity index (χ4n) is 2.30. The van der Waals surface area contributed by atoms with Crippen molar-refractivity contribution in [3.63, 3.8) is 0 Å². The Bertz CT molecular complexity index is 688. The van der Waals surface area contributed by atoms with Gasteiger partial charge in [0.25, 0.3) is 5.96 Å². The summed E-state index contributed by atoms with van der Waals surface area (Å²) in [6.07, 6.45) is 1.52. The van der Waals surface area contributed by atoms with Crippen molar-refractivity contribution in [1.82, 2.24) is 19.7 Å². The fourth-order valence-corrected chi connectivity index (χ4v) is 2.44. The van der Waals surface area contributed by atoms with Crippen LogP contribution in [0.1, 0.15) is 5.56 Å². The normalized spacial score (nSPS) is 17.3. The number of halogens is 1. The molecule has 0 bridgehead atoms. The zero-order valence-electron chi connectivity index (χ0n) is 12.5. The number of hydrogen-bond donors (Lipinski definition) is 0. The molecular formula is C11H14ClN9O2. The van der Waals surface area contributed by atoms with E-state index in [1.54, 1.807) is 22.9 Å². The average Bonchev–Trinajstić information content (AvgIpc) is 2.46.